The fourth-order valence-corrected chi connectivity index (χ4v) is 2.02. The molecule has 1 atom stereocenters. The van der Waals surface area contributed by atoms with Gasteiger partial charge in [-0.2, -0.15) is 10.2 Å². The summed E-state index contributed by atoms with van der Waals surface area (Å²) < 4.78 is 3.86. The van der Waals surface area contributed by atoms with Gasteiger partial charge in [-0.3, -0.25) is 9.36 Å². The molecule has 0 fully saturated rings. The lowest BCUT2D eigenvalue weighted by atomic mass is 10.1. The van der Waals surface area contributed by atoms with Crippen molar-refractivity contribution in [2.45, 2.75) is 25.9 Å². The maximum atomic E-state index is 4.45. The molecule has 2 rings (SSSR count). The van der Waals surface area contributed by atoms with E-state index in [-0.39, 0.29) is 6.04 Å². The van der Waals surface area contributed by atoms with Crippen LogP contribution in [0.25, 0.3) is 0 Å². The summed E-state index contributed by atoms with van der Waals surface area (Å²) in [5.41, 5.74) is 2.18. The average molecular weight is 233 g/mol. The van der Waals surface area contributed by atoms with E-state index in [2.05, 4.69) is 22.4 Å². The Hall–Kier alpha value is -1.62. The smallest absolute Gasteiger partial charge is 0.0938 e. The van der Waals surface area contributed by atoms with Crippen molar-refractivity contribution in [3.8, 4) is 0 Å². The van der Waals surface area contributed by atoms with Crippen molar-refractivity contribution in [2.24, 2.45) is 7.05 Å². The molecule has 0 spiro atoms. The maximum absolute atomic E-state index is 4.45. The van der Waals surface area contributed by atoms with Gasteiger partial charge in [-0.15, -0.1) is 0 Å². The topological polar surface area (TPSA) is 47.7 Å². The van der Waals surface area contributed by atoms with Crippen molar-refractivity contribution in [2.75, 3.05) is 7.05 Å². The zero-order chi connectivity index (χ0) is 12.3. The van der Waals surface area contributed by atoms with E-state index in [9.17, 15) is 0 Å². The Balaban J connectivity index is 2.31. The highest BCUT2D eigenvalue weighted by molar-refractivity contribution is 5.20. The second-order valence-electron chi connectivity index (χ2n) is 4.12. The summed E-state index contributed by atoms with van der Waals surface area (Å²) in [5, 5.41) is 12.1. The Kier molecular flexibility index (Phi) is 3.58. The summed E-state index contributed by atoms with van der Waals surface area (Å²) in [4.78, 5) is 0. The lowest BCUT2D eigenvalue weighted by molar-refractivity contribution is 0.526. The lowest BCUT2D eigenvalue weighted by Gasteiger charge is -2.15. The highest BCUT2D eigenvalue weighted by Gasteiger charge is 2.18. The van der Waals surface area contributed by atoms with Crippen molar-refractivity contribution in [3.63, 3.8) is 0 Å². The summed E-state index contributed by atoms with van der Waals surface area (Å²) >= 11 is 0. The van der Waals surface area contributed by atoms with E-state index in [1.807, 2.05) is 48.0 Å². The largest absolute Gasteiger partial charge is 0.307 e. The van der Waals surface area contributed by atoms with Gasteiger partial charge in [-0.1, -0.05) is 6.92 Å². The molecule has 0 aliphatic carbocycles. The van der Waals surface area contributed by atoms with E-state index >= 15 is 0 Å². The van der Waals surface area contributed by atoms with Gasteiger partial charge >= 0.3 is 0 Å². The third-order valence-corrected chi connectivity index (χ3v) is 2.80. The molecule has 0 aliphatic rings. The normalized spacial score (nSPS) is 12.9. The van der Waals surface area contributed by atoms with Gasteiger partial charge in [0.25, 0.3) is 0 Å². The molecular formula is C12H19N5. The second kappa shape index (κ2) is 5.14. The third-order valence-electron chi connectivity index (χ3n) is 2.80. The first-order valence-electron chi connectivity index (χ1n) is 5.94. The van der Waals surface area contributed by atoms with Gasteiger partial charge < -0.3 is 5.32 Å². The van der Waals surface area contributed by atoms with Gasteiger partial charge in [0.05, 0.1) is 17.4 Å². The first kappa shape index (κ1) is 11.9. The zero-order valence-electron chi connectivity index (χ0n) is 10.6. The van der Waals surface area contributed by atoms with E-state index in [0.717, 1.165) is 24.4 Å². The van der Waals surface area contributed by atoms with Crippen molar-refractivity contribution in [3.05, 3.63) is 35.9 Å². The average Bonchev–Trinajstić information content (AvgIpc) is 2.91. The monoisotopic (exact) mass is 233 g/mol. The van der Waals surface area contributed by atoms with Gasteiger partial charge in [0, 0.05) is 26.0 Å². The fraction of sp³-hybridized carbons (Fsp3) is 0.500. The molecule has 0 aliphatic heterocycles. The highest BCUT2D eigenvalue weighted by Crippen LogP contribution is 2.19. The quantitative estimate of drug-likeness (QED) is 0.847. The van der Waals surface area contributed by atoms with Crippen LogP contribution in [-0.2, 0) is 13.6 Å². The Morgan fingerprint density at radius 2 is 2.24 bits per heavy atom. The summed E-state index contributed by atoms with van der Waals surface area (Å²) in [5.74, 6) is 0. The fourth-order valence-electron chi connectivity index (χ4n) is 2.02. The van der Waals surface area contributed by atoms with Crippen molar-refractivity contribution in [1.29, 1.82) is 0 Å². The highest BCUT2D eigenvalue weighted by atomic mass is 15.3. The molecule has 0 radical (unpaired) electrons. The van der Waals surface area contributed by atoms with Crippen LogP contribution in [0.5, 0.6) is 0 Å². The third kappa shape index (κ3) is 2.39. The van der Waals surface area contributed by atoms with Crippen LogP contribution in [0.1, 0.15) is 30.8 Å². The van der Waals surface area contributed by atoms with Crippen LogP contribution in [0, 0.1) is 0 Å². The van der Waals surface area contributed by atoms with Crippen LogP contribution in [-0.4, -0.2) is 26.6 Å². The Morgan fingerprint density at radius 3 is 2.82 bits per heavy atom. The number of nitrogens with zero attached hydrogens (tertiary/aromatic N) is 4. The van der Waals surface area contributed by atoms with Crippen LogP contribution >= 0.6 is 0 Å². The van der Waals surface area contributed by atoms with E-state index in [4.69, 9.17) is 0 Å². The van der Waals surface area contributed by atoms with Crippen LogP contribution in [0.2, 0.25) is 0 Å². The molecule has 0 bridgehead atoms. The molecule has 0 saturated carbocycles. The first-order valence-corrected chi connectivity index (χ1v) is 5.94. The molecule has 5 nitrogen and oxygen atoms in total. The van der Waals surface area contributed by atoms with Gasteiger partial charge in [-0.25, -0.2) is 0 Å². The number of hydrogen-bond donors (Lipinski definition) is 1. The van der Waals surface area contributed by atoms with Crippen molar-refractivity contribution >= 4 is 0 Å². The molecule has 17 heavy (non-hydrogen) atoms. The Bertz CT molecular complexity index is 471. The molecule has 2 aromatic rings. The summed E-state index contributed by atoms with van der Waals surface area (Å²) in [6, 6.07) is 4.18. The second-order valence-corrected chi connectivity index (χ2v) is 4.12. The minimum Gasteiger partial charge on any atom is -0.307 e. The number of aryl methyl sites for hydroxylation is 2. The summed E-state index contributed by atoms with van der Waals surface area (Å²) in [7, 11) is 3.88. The molecule has 5 heteroatoms. The lowest BCUT2D eigenvalue weighted by Crippen LogP contribution is -2.22. The molecule has 2 heterocycles. The van der Waals surface area contributed by atoms with Gasteiger partial charge in [0.1, 0.15) is 0 Å². The van der Waals surface area contributed by atoms with Crippen LogP contribution < -0.4 is 5.32 Å². The van der Waals surface area contributed by atoms with Gasteiger partial charge in [0.15, 0.2) is 0 Å². The van der Waals surface area contributed by atoms with Crippen molar-refractivity contribution < 1.29 is 0 Å². The van der Waals surface area contributed by atoms with Crippen LogP contribution in [0.4, 0.5) is 0 Å². The number of rotatable bonds is 5. The molecule has 1 N–H and O–H groups in total. The number of hydrogen-bond acceptors (Lipinski definition) is 3. The van der Waals surface area contributed by atoms with Gasteiger partial charge in [0.2, 0.25) is 0 Å². The molecule has 0 saturated heterocycles. The molecule has 0 amide bonds. The van der Waals surface area contributed by atoms with E-state index in [1.165, 1.54) is 0 Å². The molecular weight excluding hydrogens is 214 g/mol. The van der Waals surface area contributed by atoms with Crippen molar-refractivity contribution in [1.82, 2.24) is 24.9 Å². The maximum Gasteiger partial charge on any atom is 0.0938 e. The van der Waals surface area contributed by atoms with E-state index < -0.39 is 0 Å². The van der Waals surface area contributed by atoms with E-state index in [1.54, 1.807) is 0 Å². The van der Waals surface area contributed by atoms with Crippen LogP contribution in [0.15, 0.2) is 24.5 Å². The summed E-state index contributed by atoms with van der Waals surface area (Å²) in [6.45, 7) is 3.09. The summed E-state index contributed by atoms with van der Waals surface area (Å²) in [6.07, 6.45) is 4.88. The van der Waals surface area contributed by atoms with Crippen LogP contribution in [0.3, 0.4) is 0 Å². The van der Waals surface area contributed by atoms with E-state index in [0.29, 0.717) is 0 Å². The Labute approximate surface area is 101 Å². The standard InChI is InChI=1S/C12H19N5/c1-4-8-17-11(5-7-14-17)12(13-2)10-6-9-16(3)15-10/h5-7,9,12-13H,4,8H2,1-3H3. The SMILES string of the molecule is CCCn1nccc1C(NC)c1ccn(C)n1. The predicted molar refractivity (Wildman–Crippen MR) is 66.6 cm³/mol. The molecule has 1 unspecified atom stereocenters. The minimum atomic E-state index is 0.102. The predicted octanol–water partition coefficient (Wildman–Crippen LogP) is 1.34. The molecule has 0 aromatic carbocycles. The van der Waals surface area contributed by atoms with Gasteiger partial charge in [-0.05, 0) is 25.6 Å². The number of nitrogens with one attached hydrogen (secondary N) is 1. The number of aromatic nitrogens is 4. The molecule has 92 valence electrons. The first-order chi connectivity index (χ1) is 8.26. The Morgan fingerprint density at radius 1 is 1.41 bits per heavy atom. The molecule has 2 aromatic heterocycles. The minimum absolute atomic E-state index is 0.102. The zero-order valence-corrected chi connectivity index (χ0v) is 10.6.